The van der Waals surface area contributed by atoms with E-state index >= 15 is 0 Å². The van der Waals surface area contributed by atoms with Gasteiger partial charge in [-0.3, -0.25) is 4.79 Å². The van der Waals surface area contributed by atoms with E-state index in [0.717, 1.165) is 11.1 Å². The number of hydrogen-bond acceptors (Lipinski definition) is 4. The third-order valence-electron chi connectivity index (χ3n) is 4.52. The summed E-state index contributed by atoms with van der Waals surface area (Å²) in [6.07, 6.45) is 5.65. The molecular formula is C25H20O4. The van der Waals surface area contributed by atoms with E-state index in [1.54, 1.807) is 31.4 Å². The van der Waals surface area contributed by atoms with Gasteiger partial charge >= 0.3 is 0 Å². The fraction of sp³-hybridized carbons (Fsp3) is 0.0800. The first-order valence-corrected chi connectivity index (χ1v) is 9.30. The van der Waals surface area contributed by atoms with Crippen LogP contribution < -0.4 is 14.2 Å². The lowest BCUT2D eigenvalue weighted by atomic mass is 10.1. The SMILES string of the molecule is COc1ccccc1C=C1Oc2cc(OCC=Cc3ccccc3)ccc2C1=O. The minimum absolute atomic E-state index is 0.151. The third kappa shape index (κ3) is 4.22. The molecule has 4 heteroatoms. The van der Waals surface area contributed by atoms with Crippen molar-refractivity contribution < 1.29 is 19.0 Å². The summed E-state index contributed by atoms with van der Waals surface area (Å²) in [5, 5.41) is 0. The first kappa shape index (κ1) is 18.6. The number of methoxy groups -OCH3 is 1. The van der Waals surface area contributed by atoms with E-state index in [1.165, 1.54) is 0 Å². The van der Waals surface area contributed by atoms with E-state index in [0.29, 0.717) is 29.4 Å². The number of benzene rings is 3. The first-order chi connectivity index (χ1) is 14.2. The Morgan fingerprint density at radius 2 is 1.76 bits per heavy atom. The largest absolute Gasteiger partial charge is 0.496 e. The van der Waals surface area contributed by atoms with Gasteiger partial charge < -0.3 is 14.2 Å². The number of hydrogen-bond donors (Lipinski definition) is 0. The summed E-state index contributed by atoms with van der Waals surface area (Å²) >= 11 is 0. The molecule has 0 bridgehead atoms. The second-order valence-electron chi connectivity index (χ2n) is 6.46. The third-order valence-corrected chi connectivity index (χ3v) is 4.52. The van der Waals surface area contributed by atoms with Gasteiger partial charge in [-0.25, -0.2) is 0 Å². The molecule has 1 heterocycles. The Kier molecular flexibility index (Phi) is 5.43. The maximum Gasteiger partial charge on any atom is 0.231 e. The van der Waals surface area contributed by atoms with Crippen LogP contribution in [0.5, 0.6) is 17.2 Å². The van der Waals surface area contributed by atoms with Gasteiger partial charge in [0.2, 0.25) is 5.78 Å². The van der Waals surface area contributed by atoms with Crippen molar-refractivity contribution in [3.63, 3.8) is 0 Å². The highest BCUT2D eigenvalue weighted by Crippen LogP contribution is 2.35. The van der Waals surface area contributed by atoms with Gasteiger partial charge in [0.25, 0.3) is 0 Å². The summed E-state index contributed by atoms with van der Waals surface area (Å²) < 4.78 is 16.9. The highest BCUT2D eigenvalue weighted by molar-refractivity contribution is 6.14. The number of para-hydroxylation sites is 1. The number of allylic oxidation sites excluding steroid dienone is 1. The molecular weight excluding hydrogens is 364 g/mol. The summed E-state index contributed by atoms with van der Waals surface area (Å²) in [5.74, 6) is 1.95. The van der Waals surface area contributed by atoms with Crippen molar-refractivity contribution in [1.82, 2.24) is 0 Å². The Balaban J connectivity index is 1.46. The van der Waals surface area contributed by atoms with E-state index in [1.807, 2.05) is 66.7 Å². The predicted octanol–water partition coefficient (Wildman–Crippen LogP) is 5.40. The van der Waals surface area contributed by atoms with Gasteiger partial charge in [-0.05, 0) is 35.9 Å². The van der Waals surface area contributed by atoms with Crippen LogP contribution in [0.4, 0.5) is 0 Å². The zero-order valence-corrected chi connectivity index (χ0v) is 16.0. The molecule has 0 N–H and O–H groups in total. The van der Waals surface area contributed by atoms with E-state index < -0.39 is 0 Å². The van der Waals surface area contributed by atoms with Crippen molar-refractivity contribution in [2.75, 3.05) is 13.7 Å². The van der Waals surface area contributed by atoms with E-state index in [9.17, 15) is 4.79 Å². The monoisotopic (exact) mass is 384 g/mol. The lowest BCUT2D eigenvalue weighted by Crippen LogP contribution is -1.98. The number of fused-ring (bicyclic) bond motifs is 1. The molecule has 144 valence electrons. The highest BCUT2D eigenvalue weighted by atomic mass is 16.5. The van der Waals surface area contributed by atoms with E-state index in [-0.39, 0.29) is 11.5 Å². The smallest absolute Gasteiger partial charge is 0.231 e. The van der Waals surface area contributed by atoms with Crippen molar-refractivity contribution in [2.24, 2.45) is 0 Å². The Hall–Kier alpha value is -3.79. The van der Waals surface area contributed by atoms with E-state index in [4.69, 9.17) is 14.2 Å². The topological polar surface area (TPSA) is 44.8 Å². The molecule has 4 rings (SSSR count). The summed E-state index contributed by atoms with van der Waals surface area (Å²) in [6.45, 7) is 0.422. The molecule has 0 aliphatic carbocycles. The second-order valence-corrected chi connectivity index (χ2v) is 6.46. The van der Waals surface area contributed by atoms with Crippen molar-refractivity contribution in [2.45, 2.75) is 0 Å². The molecule has 0 atom stereocenters. The summed E-state index contributed by atoms with van der Waals surface area (Å²) in [6, 6.07) is 22.8. The van der Waals surface area contributed by atoms with Crippen LogP contribution >= 0.6 is 0 Å². The van der Waals surface area contributed by atoms with Crippen molar-refractivity contribution in [3.8, 4) is 17.2 Å². The molecule has 4 nitrogen and oxygen atoms in total. The molecule has 1 aliphatic rings. The minimum atomic E-state index is -0.151. The number of ether oxygens (including phenoxy) is 3. The zero-order valence-electron chi connectivity index (χ0n) is 16.0. The van der Waals surface area contributed by atoms with Gasteiger partial charge in [-0.15, -0.1) is 0 Å². The molecule has 0 aromatic heterocycles. The van der Waals surface area contributed by atoms with Gasteiger partial charge in [0.15, 0.2) is 5.76 Å². The van der Waals surface area contributed by atoms with Crippen LogP contribution in [-0.2, 0) is 0 Å². The Morgan fingerprint density at radius 3 is 2.59 bits per heavy atom. The quantitative estimate of drug-likeness (QED) is 0.534. The van der Waals surface area contributed by atoms with Crippen LogP contribution in [0.3, 0.4) is 0 Å². The average molecular weight is 384 g/mol. The second kappa shape index (κ2) is 8.48. The summed E-state index contributed by atoms with van der Waals surface area (Å²) in [4.78, 5) is 12.6. The number of rotatable bonds is 6. The minimum Gasteiger partial charge on any atom is -0.496 e. The zero-order chi connectivity index (χ0) is 20.1. The normalized spacial score (nSPS) is 14.1. The maximum absolute atomic E-state index is 12.6. The molecule has 3 aromatic carbocycles. The number of ketones is 1. The van der Waals surface area contributed by atoms with Crippen LogP contribution in [0.2, 0.25) is 0 Å². The molecule has 0 fully saturated rings. The molecule has 0 radical (unpaired) electrons. The van der Waals surface area contributed by atoms with Gasteiger partial charge in [0.05, 0.1) is 12.7 Å². The lowest BCUT2D eigenvalue weighted by molar-refractivity contribution is 0.101. The van der Waals surface area contributed by atoms with Crippen LogP contribution in [0.1, 0.15) is 21.5 Å². The van der Waals surface area contributed by atoms with Crippen LogP contribution in [0.25, 0.3) is 12.2 Å². The molecule has 0 unspecified atom stereocenters. The number of carbonyl (C=O) groups is 1. The summed E-state index contributed by atoms with van der Waals surface area (Å²) in [5.41, 5.74) is 2.43. The molecule has 29 heavy (non-hydrogen) atoms. The van der Waals surface area contributed by atoms with Gasteiger partial charge in [0, 0.05) is 11.6 Å². The van der Waals surface area contributed by atoms with Gasteiger partial charge in [-0.1, -0.05) is 54.6 Å². The van der Waals surface area contributed by atoms with Crippen molar-refractivity contribution in [3.05, 3.63) is 101 Å². The molecule has 0 amide bonds. The van der Waals surface area contributed by atoms with Crippen molar-refractivity contribution in [1.29, 1.82) is 0 Å². The van der Waals surface area contributed by atoms with E-state index in [2.05, 4.69) is 0 Å². The fourth-order valence-corrected chi connectivity index (χ4v) is 3.08. The van der Waals surface area contributed by atoms with Crippen LogP contribution in [0.15, 0.2) is 84.6 Å². The maximum atomic E-state index is 12.6. The van der Waals surface area contributed by atoms with Crippen molar-refractivity contribution >= 4 is 17.9 Å². The molecule has 0 spiro atoms. The predicted molar refractivity (Wildman–Crippen MR) is 113 cm³/mol. The van der Waals surface area contributed by atoms with Crippen LogP contribution in [0, 0.1) is 0 Å². The molecule has 0 saturated heterocycles. The Bertz CT molecular complexity index is 1080. The number of Topliss-reactive ketones (excluding diaryl/α,β-unsaturated/α-hetero) is 1. The molecule has 1 aliphatic heterocycles. The van der Waals surface area contributed by atoms with Gasteiger partial charge in [-0.2, -0.15) is 0 Å². The molecule has 0 saturated carbocycles. The standard InChI is InChI=1S/C25H20O4/c1-27-22-12-6-5-11-19(22)16-24-25(26)21-14-13-20(17-23(21)29-24)28-15-7-10-18-8-3-2-4-9-18/h2-14,16-17H,15H2,1H3. The van der Waals surface area contributed by atoms with Crippen LogP contribution in [-0.4, -0.2) is 19.5 Å². The van der Waals surface area contributed by atoms with Gasteiger partial charge in [0.1, 0.15) is 23.9 Å². The number of carbonyl (C=O) groups excluding carboxylic acids is 1. The summed E-state index contributed by atoms with van der Waals surface area (Å²) in [7, 11) is 1.60. The highest BCUT2D eigenvalue weighted by Gasteiger charge is 2.28. The first-order valence-electron chi connectivity index (χ1n) is 9.30. The average Bonchev–Trinajstić information content (AvgIpc) is 3.07. The Labute approximate surface area is 169 Å². The Morgan fingerprint density at radius 1 is 0.966 bits per heavy atom. The fourth-order valence-electron chi connectivity index (χ4n) is 3.08. The molecule has 3 aromatic rings. The lowest BCUT2D eigenvalue weighted by Gasteiger charge is -2.05.